The molecule has 0 saturated heterocycles. The van der Waals surface area contributed by atoms with Gasteiger partial charge in [0.15, 0.2) is 5.82 Å². The second-order valence-electron chi connectivity index (χ2n) is 3.95. The molecule has 0 spiro atoms. The molecule has 3 nitrogen and oxygen atoms in total. The maximum Gasteiger partial charge on any atom is 0.163 e. The van der Waals surface area contributed by atoms with E-state index in [1.807, 2.05) is 13.8 Å². The molecule has 6 heteroatoms. The van der Waals surface area contributed by atoms with Gasteiger partial charge in [0, 0.05) is 17.1 Å². The van der Waals surface area contributed by atoms with Crippen LogP contribution in [0.15, 0.2) is 22.7 Å². The van der Waals surface area contributed by atoms with Crippen LogP contribution in [0.2, 0.25) is 10.0 Å². The van der Waals surface area contributed by atoms with E-state index >= 15 is 0 Å². The average Bonchev–Trinajstić information content (AvgIpc) is 2.38. The third-order valence-corrected chi connectivity index (χ3v) is 4.04. The fourth-order valence-electron chi connectivity index (χ4n) is 1.63. The van der Waals surface area contributed by atoms with Gasteiger partial charge in [-0.1, -0.05) is 23.2 Å². The lowest BCUT2D eigenvalue weighted by Gasteiger charge is -2.11. The standard InChI is InChI=1S/C13H12BrCl2N3/c1-3-17-13-11(14)7(2)18-12(19-13)9-6-8(15)4-5-10(9)16/h4-6H,3H2,1-2H3,(H,17,18,19). The van der Waals surface area contributed by atoms with Gasteiger partial charge < -0.3 is 5.32 Å². The van der Waals surface area contributed by atoms with Crippen LogP contribution < -0.4 is 5.32 Å². The highest BCUT2D eigenvalue weighted by Crippen LogP contribution is 2.31. The van der Waals surface area contributed by atoms with E-state index in [4.69, 9.17) is 23.2 Å². The third-order valence-electron chi connectivity index (χ3n) is 2.53. The lowest BCUT2D eigenvalue weighted by molar-refractivity contribution is 1.06. The van der Waals surface area contributed by atoms with Crippen molar-refractivity contribution in [2.45, 2.75) is 13.8 Å². The minimum Gasteiger partial charge on any atom is -0.369 e. The van der Waals surface area contributed by atoms with Gasteiger partial charge in [0.2, 0.25) is 0 Å². The zero-order valence-electron chi connectivity index (χ0n) is 10.5. The highest BCUT2D eigenvalue weighted by molar-refractivity contribution is 9.10. The second kappa shape index (κ2) is 6.07. The summed E-state index contributed by atoms with van der Waals surface area (Å²) < 4.78 is 0.858. The van der Waals surface area contributed by atoms with Crippen LogP contribution in [0.25, 0.3) is 11.4 Å². The van der Waals surface area contributed by atoms with Crippen molar-refractivity contribution in [2.75, 3.05) is 11.9 Å². The topological polar surface area (TPSA) is 37.8 Å². The Morgan fingerprint density at radius 1 is 1.26 bits per heavy atom. The number of hydrogen-bond acceptors (Lipinski definition) is 3. The van der Waals surface area contributed by atoms with Gasteiger partial charge in [0.05, 0.1) is 15.2 Å². The number of aromatic nitrogens is 2. The number of nitrogens with zero attached hydrogens (tertiary/aromatic N) is 2. The van der Waals surface area contributed by atoms with Crippen LogP contribution >= 0.6 is 39.1 Å². The normalized spacial score (nSPS) is 10.6. The molecule has 0 aliphatic rings. The molecule has 2 aromatic rings. The lowest BCUT2D eigenvalue weighted by atomic mass is 10.2. The fraction of sp³-hybridized carbons (Fsp3) is 0.231. The highest BCUT2D eigenvalue weighted by atomic mass is 79.9. The predicted molar refractivity (Wildman–Crippen MR) is 84.1 cm³/mol. The van der Waals surface area contributed by atoms with E-state index in [0.29, 0.717) is 15.9 Å². The Balaban J connectivity index is 2.59. The van der Waals surface area contributed by atoms with Gasteiger partial charge in [0.25, 0.3) is 0 Å². The predicted octanol–water partition coefficient (Wildman–Crippen LogP) is 4.95. The monoisotopic (exact) mass is 359 g/mol. The van der Waals surface area contributed by atoms with Gasteiger partial charge >= 0.3 is 0 Å². The number of benzene rings is 1. The van der Waals surface area contributed by atoms with Crippen molar-refractivity contribution >= 4 is 44.9 Å². The number of anilines is 1. The summed E-state index contributed by atoms with van der Waals surface area (Å²) in [7, 11) is 0. The van der Waals surface area contributed by atoms with Gasteiger partial charge in [-0.05, 0) is 48.0 Å². The summed E-state index contributed by atoms with van der Waals surface area (Å²) in [6.07, 6.45) is 0. The Morgan fingerprint density at radius 2 is 2.00 bits per heavy atom. The summed E-state index contributed by atoms with van der Waals surface area (Å²) >= 11 is 15.7. The van der Waals surface area contributed by atoms with Gasteiger partial charge in [-0.15, -0.1) is 0 Å². The molecular formula is C13H12BrCl2N3. The van der Waals surface area contributed by atoms with Gasteiger partial charge in [0.1, 0.15) is 5.82 Å². The molecule has 0 radical (unpaired) electrons. The average molecular weight is 361 g/mol. The molecule has 1 N–H and O–H groups in total. The molecule has 0 bridgehead atoms. The molecule has 0 saturated carbocycles. The van der Waals surface area contributed by atoms with E-state index in [0.717, 1.165) is 28.1 Å². The number of halogens is 3. The molecule has 1 aromatic carbocycles. The number of aryl methyl sites for hydroxylation is 1. The SMILES string of the molecule is CCNc1nc(-c2cc(Cl)ccc2Cl)nc(C)c1Br. The molecule has 0 atom stereocenters. The van der Waals surface area contributed by atoms with Crippen molar-refractivity contribution in [3.05, 3.63) is 38.4 Å². The zero-order valence-corrected chi connectivity index (χ0v) is 13.6. The van der Waals surface area contributed by atoms with E-state index in [1.165, 1.54) is 0 Å². The largest absolute Gasteiger partial charge is 0.369 e. The van der Waals surface area contributed by atoms with Crippen molar-refractivity contribution in [1.82, 2.24) is 9.97 Å². The summed E-state index contributed by atoms with van der Waals surface area (Å²) in [6.45, 7) is 4.70. The smallest absolute Gasteiger partial charge is 0.163 e. The molecule has 0 fully saturated rings. The van der Waals surface area contributed by atoms with Gasteiger partial charge in [-0.2, -0.15) is 0 Å². The Kier molecular flexibility index (Phi) is 4.66. The van der Waals surface area contributed by atoms with E-state index in [-0.39, 0.29) is 0 Å². The summed E-state index contributed by atoms with van der Waals surface area (Å²) in [6, 6.07) is 5.25. The van der Waals surface area contributed by atoms with Crippen LogP contribution in [-0.4, -0.2) is 16.5 Å². The van der Waals surface area contributed by atoms with Crippen LogP contribution in [0, 0.1) is 6.92 Å². The Labute approximate surface area is 130 Å². The summed E-state index contributed by atoms with van der Waals surface area (Å²) in [5, 5.41) is 4.37. The third kappa shape index (κ3) is 3.19. The molecule has 2 rings (SSSR count). The lowest BCUT2D eigenvalue weighted by Crippen LogP contribution is -2.04. The maximum absolute atomic E-state index is 6.18. The number of hydrogen-bond donors (Lipinski definition) is 1. The quantitative estimate of drug-likeness (QED) is 0.841. The van der Waals surface area contributed by atoms with Crippen LogP contribution in [0.5, 0.6) is 0 Å². The molecule has 1 heterocycles. The molecule has 0 unspecified atom stereocenters. The Morgan fingerprint density at radius 3 is 2.68 bits per heavy atom. The highest BCUT2D eigenvalue weighted by Gasteiger charge is 2.13. The summed E-state index contributed by atoms with van der Waals surface area (Å²) in [5.41, 5.74) is 1.57. The van der Waals surface area contributed by atoms with Crippen molar-refractivity contribution in [3.63, 3.8) is 0 Å². The van der Waals surface area contributed by atoms with Gasteiger partial charge in [-0.25, -0.2) is 9.97 Å². The van der Waals surface area contributed by atoms with Crippen LogP contribution in [0.4, 0.5) is 5.82 Å². The first-order valence-electron chi connectivity index (χ1n) is 5.76. The second-order valence-corrected chi connectivity index (χ2v) is 5.59. The summed E-state index contributed by atoms with van der Waals surface area (Å²) in [4.78, 5) is 8.93. The summed E-state index contributed by atoms with van der Waals surface area (Å²) in [5.74, 6) is 1.31. The minimum absolute atomic E-state index is 0.559. The Bertz CT molecular complexity index is 617. The van der Waals surface area contributed by atoms with Crippen molar-refractivity contribution in [1.29, 1.82) is 0 Å². The molecule has 1 aromatic heterocycles. The molecule has 0 aliphatic carbocycles. The first-order valence-corrected chi connectivity index (χ1v) is 7.31. The van der Waals surface area contributed by atoms with Crippen LogP contribution in [0.3, 0.4) is 0 Å². The van der Waals surface area contributed by atoms with E-state index in [2.05, 4.69) is 31.2 Å². The van der Waals surface area contributed by atoms with Crippen molar-refractivity contribution in [2.24, 2.45) is 0 Å². The Hall–Kier alpha value is -0.840. The fourth-order valence-corrected chi connectivity index (χ4v) is 2.32. The van der Waals surface area contributed by atoms with Crippen molar-refractivity contribution in [3.8, 4) is 11.4 Å². The maximum atomic E-state index is 6.18. The number of rotatable bonds is 3. The first-order chi connectivity index (χ1) is 9.02. The molecule has 100 valence electrons. The van der Waals surface area contributed by atoms with Crippen LogP contribution in [-0.2, 0) is 0 Å². The first kappa shape index (κ1) is 14.6. The molecule has 0 aliphatic heterocycles. The van der Waals surface area contributed by atoms with E-state index in [1.54, 1.807) is 18.2 Å². The van der Waals surface area contributed by atoms with Gasteiger partial charge in [-0.3, -0.25) is 0 Å². The molecule has 19 heavy (non-hydrogen) atoms. The van der Waals surface area contributed by atoms with E-state index < -0.39 is 0 Å². The number of nitrogens with one attached hydrogen (secondary N) is 1. The van der Waals surface area contributed by atoms with Crippen molar-refractivity contribution < 1.29 is 0 Å². The minimum atomic E-state index is 0.559. The van der Waals surface area contributed by atoms with Crippen LogP contribution in [0.1, 0.15) is 12.6 Å². The molecule has 0 amide bonds. The molecular weight excluding hydrogens is 349 g/mol. The van der Waals surface area contributed by atoms with E-state index in [9.17, 15) is 0 Å². The zero-order chi connectivity index (χ0) is 14.0.